The largest absolute Gasteiger partial charge is 0.494 e. The first-order valence-electron chi connectivity index (χ1n) is 9.69. The number of hydrogen-bond acceptors (Lipinski definition) is 2. The van der Waals surface area contributed by atoms with Crippen LogP contribution in [0.15, 0.2) is 24.3 Å². The Bertz CT molecular complexity index is 525. The van der Waals surface area contributed by atoms with Gasteiger partial charge in [-0.2, -0.15) is 0 Å². The molecule has 0 unspecified atom stereocenters. The van der Waals surface area contributed by atoms with Crippen molar-refractivity contribution in [1.82, 2.24) is 0 Å². The molecule has 0 spiro atoms. The van der Waals surface area contributed by atoms with Gasteiger partial charge in [-0.25, -0.2) is 0 Å². The van der Waals surface area contributed by atoms with Crippen LogP contribution in [0.3, 0.4) is 0 Å². The molecule has 0 aromatic heterocycles. The Balaban J connectivity index is 1.63. The summed E-state index contributed by atoms with van der Waals surface area (Å²) in [5, 5.41) is 0. The molecule has 23 heavy (non-hydrogen) atoms. The first kappa shape index (κ1) is 15.5. The predicted octanol–water partition coefficient (Wildman–Crippen LogP) is 4.52. The highest BCUT2D eigenvalue weighted by atomic mass is 16.5. The van der Waals surface area contributed by atoms with E-state index in [4.69, 9.17) is 10.5 Å². The number of hydrogen-bond donors (Lipinski definition) is 1. The average Bonchev–Trinajstić information content (AvgIpc) is 2.55. The molecule has 1 aromatic rings. The lowest BCUT2D eigenvalue weighted by molar-refractivity contribution is -0.0568. The highest BCUT2D eigenvalue weighted by Gasteiger charge is 2.57. The Kier molecular flexibility index (Phi) is 4.13. The minimum atomic E-state index is 0.220. The van der Waals surface area contributed by atoms with Crippen LogP contribution in [0.4, 0.5) is 0 Å². The van der Waals surface area contributed by atoms with Crippen LogP contribution in [-0.2, 0) is 5.41 Å². The van der Waals surface area contributed by atoms with Gasteiger partial charge in [-0.1, -0.05) is 25.5 Å². The van der Waals surface area contributed by atoms with Crippen molar-refractivity contribution in [2.45, 2.75) is 57.3 Å². The molecule has 5 rings (SSSR count). The van der Waals surface area contributed by atoms with E-state index in [1.807, 2.05) is 0 Å². The van der Waals surface area contributed by atoms with Gasteiger partial charge in [0.2, 0.25) is 0 Å². The van der Waals surface area contributed by atoms with E-state index in [1.54, 1.807) is 0 Å². The summed E-state index contributed by atoms with van der Waals surface area (Å²) in [5.74, 6) is 4.61. The van der Waals surface area contributed by atoms with Crippen LogP contribution in [0.5, 0.6) is 5.75 Å². The molecule has 0 amide bonds. The van der Waals surface area contributed by atoms with Crippen LogP contribution in [0.1, 0.15) is 57.4 Å². The summed E-state index contributed by atoms with van der Waals surface area (Å²) in [4.78, 5) is 0. The second-order valence-corrected chi connectivity index (χ2v) is 8.28. The van der Waals surface area contributed by atoms with Crippen molar-refractivity contribution in [3.05, 3.63) is 29.8 Å². The summed E-state index contributed by atoms with van der Waals surface area (Å²) in [7, 11) is 0. The maximum absolute atomic E-state index is 6.45. The lowest BCUT2D eigenvalue weighted by Gasteiger charge is -2.61. The molecule has 4 aliphatic carbocycles. The van der Waals surface area contributed by atoms with E-state index >= 15 is 0 Å². The van der Waals surface area contributed by atoms with Gasteiger partial charge in [0.1, 0.15) is 5.75 Å². The number of unbranched alkanes of at least 4 members (excludes halogenated alkanes) is 1. The second kappa shape index (κ2) is 6.12. The van der Waals surface area contributed by atoms with Crippen LogP contribution in [0, 0.1) is 23.7 Å². The van der Waals surface area contributed by atoms with Gasteiger partial charge in [-0.3, -0.25) is 0 Å². The molecule has 126 valence electrons. The Morgan fingerprint density at radius 3 is 2.39 bits per heavy atom. The SMILES string of the molecule is CCCCOc1cccc(C2(CN)C3CC4CC(C3)CC2C4)c1. The van der Waals surface area contributed by atoms with Gasteiger partial charge in [-0.15, -0.1) is 0 Å². The number of ether oxygens (including phenoxy) is 1. The quantitative estimate of drug-likeness (QED) is 0.784. The van der Waals surface area contributed by atoms with Crippen molar-refractivity contribution in [1.29, 1.82) is 0 Å². The molecule has 4 aliphatic rings. The molecule has 2 nitrogen and oxygen atoms in total. The summed E-state index contributed by atoms with van der Waals surface area (Å²) >= 11 is 0. The molecule has 0 heterocycles. The summed E-state index contributed by atoms with van der Waals surface area (Å²) < 4.78 is 5.98. The van der Waals surface area contributed by atoms with Crippen LogP contribution < -0.4 is 10.5 Å². The van der Waals surface area contributed by atoms with Gasteiger partial charge in [-0.05, 0) is 79.9 Å². The van der Waals surface area contributed by atoms with E-state index in [2.05, 4.69) is 31.2 Å². The lowest BCUT2D eigenvalue weighted by Crippen LogP contribution is -2.58. The van der Waals surface area contributed by atoms with Gasteiger partial charge >= 0.3 is 0 Å². The van der Waals surface area contributed by atoms with Crippen LogP contribution in [-0.4, -0.2) is 13.2 Å². The van der Waals surface area contributed by atoms with Crippen molar-refractivity contribution in [2.24, 2.45) is 29.4 Å². The molecule has 2 heteroatoms. The molecule has 0 atom stereocenters. The molecule has 4 bridgehead atoms. The fourth-order valence-electron chi connectivity index (χ4n) is 6.16. The fraction of sp³-hybridized carbons (Fsp3) is 0.714. The number of rotatable bonds is 6. The Morgan fingerprint density at radius 2 is 1.78 bits per heavy atom. The molecule has 4 saturated carbocycles. The normalized spacial score (nSPS) is 38.0. The van der Waals surface area contributed by atoms with Gasteiger partial charge in [0.05, 0.1) is 6.61 Å². The Labute approximate surface area is 140 Å². The summed E-state index contributed by atoms with van der Waals surface area (Å²) in [6, 6.07) is 8.92. The van der Waals surface area contributed by atoms with Gasteiger partial charge in [0.15, 0.2) is 0 Å². The first-order chi connectivity index (χ1) is 11.3. The predicted molar refractivity (Wildman–Crippen MR) is 94.6 cm³/mol. The molecule has 0 radical (unpaired) electrons. The Morgan fingerprint density at radius 1 is 1.09 bits per heavy atom. The number of benzene rings is 1. The summed E-state index contributed by atoms with van der Waals surface area (Å²) in [6.45, 7) is 3.84. The molecular weight excluding hydrogens is 282 g/mol. The maximum Gasteiger partial charge on any atom is 0.119 e. The van der Waals surface area contributed by atoms with Gasteiger partial charge in [0.25, 0.3) is 0 Å². The summed E-state index contributed by atoms with van der Waals surface area (Å²) in [5.41, 5.74) is 8.13. The van der Waals surface area contributed by atoms with Gasteiger partial charge in [0, 0.05) is 12.0 Å². The van der Waals surface area contributed by atoms with Crippen molar-refractivity contribution in [3.63, 3.8) is 0 Å². The zero-order chi connectivity index (χ0) is 15.9. The van der Waals surface area contributed by atoms with Crippen LogP contribution >= 0.6 is 0 Å². The lowest BCUT2D eigenvalue weighted by atomic mass is 9.44. The van der Waals surface area contributed by atoms with E-state index in [9.17, 15) is 0 Å². The highest BCUT2D eigenvalue weighted by Crippen LogP contribution is 2.62. The van der Waals surface area contributed by atoms with Crippen LogP contribution in [0.25, 0.3) is 0 Å². The van der Waals surface area contributed by atoms with E-state index in [0.717, 1.165) is 49.0 Å². The average molecular weight is 313 g/mol. The summed E-state index contributed by atoms with van der Waals surface area (Å²) in [6.07, 6.45) is 9.43. The van der Waals surface area contributed by atoms with Gasteiger partial charge < -0.3 is 10.5 Å². The molecular formula is C21H31NO. The number of nitrogens with two attached hydrogens (primary N) is 1. The van der Waals surface area contributed by atoms with Crippen LogP contribution in [0.2, 0.25) is 0 Å². The zero-order valence-electron chi connectivity index (χ0n) is 14.5. The van der Waals surface area contributed by atoms with E-state index in [-0.39, 0.29) is 5.41 Å². The molecule has 0 aliphatic heterocycles. The maximum atomic E-state index is 6.45. The van der Waals surface area contributed by atoms with Crippen molar-refractivity contribution >= 4 is 0 Å². The van der Waals surface area contributed by atoms with Crippen molar-refractivity contribution in [3.8, 4) is 5.75 Å². The second-order valence-electron chi connectivity index (χ2n) is 8.28. The third-order valence-corrected chi connectivity index (χ3v) is 7.07. The van der Waals surface area contributed by atoms with Crippen molar-refractivity contribution < 1.29 is 4.74 Å². The minimum Gasteiger partial charge on any atom is -0.494 e. The molecule has 0 saturated heterocycles. The monoisotopic (exact) mass is 313 g/mol. The van der Waals surface area contributed by atoms with Crippen molar-refractivity contribution in [2.75, 3.05) is 13.2 Å². The van der Waals surface area contributed by atoms with E-state index < -0.39 is 0 Å². The smallest absolute Gasteiger partial charge is 0.119 e. The van der Waals surface area contributed by atoms with E-state index in [0.29, 0.717) is 0 Å². The van der Waals surface area contributed by atoms with E-state index in [1.165, 1.54) is 44.1 Å². The molecule has 1 aromatic carbocycles. The zero-order valence-corrected chi connectivity index (χ0v) is 14.5. The third-order valence-electron chi connectivity index (χ3n) is 7.07. The molecule has 2 N–H and O–H groups in total. The fourth-order valence-corrected chi connectivity index (χ4v) is 6.16. The molecule has 4 fully saturated rings. The first-order valence-corrected chi connectivity index (χ1v) is 9.69. The minimum absolute atomic E-state index is 0.220. The highest BCUT2D eigenvalue weighted by molar-refractivity contribution is 5.37. The topological polar surface area (TPSA) is 35.2 Å². The Hall–Kier alpha value is -1.02. The standard InChI is InChI=1S/C21H31NO/c1-2-3-7-23-20-6-4-5-17(13-20)21(14-22)18-9-15-8-16(11-18)12-19(21)10-15/h4-6,13,15-16,18-19H,2-3,7-12,14,22H2,1H3. The third kappa shape index (κ3) is 2.50.